The van der Waals surface area contributed by atoms with E-state index in [2.05, 4.69) is 26.8 Å². The third-order valence-electron chi connectivity index (χ3n) is 3.86. The van der Waals surface area contributed by atoms with E-state index in [9.17, 15) is 5.11 Å². The second kappa shape index (κ2) is 11.7. The van der Waals surface area contributed by atoms with E-state index < -0.39 is 0 Å². The van der Waals surface area contributed by atoms with Gasteiger partial charge in [-0.3, -0.25) is 0 Å². The van der Waals surface area contributed by atoms with Gasteiger partial charge in [-0.2, -0.15) is 0 Å². The summed E-state index contributed by atoms with van der Waals surface area (Å²) in [5.41, 5.74) is 4.15. The van der Waals surface area contributed by atoms with Crippen molar-refractivity contribution < 1.29 is 34.7 Å². The van der Waals surface area contributed by atoms with Crippen molar-refractivity contribution in [3.05, 3.63) is 28.8 Å². The average molecular weight is 285 g/mol. The van der Waals surface area contributed by atoms with Crippen LogP contribution in [0.4, 0.5) is 0 Å². The molecule has 0 amide bonds. The maximum atomic E-state index is 10.2. The molecule has 0 atom stereocenters. The molecule has 0 fully saturated rings. The molecule has 1 aromatic rings. The monoisotopic (exact) mass is 285 g/mol. The first-order valence-electron chi connectivity index (χ1n) is 8.07. The molecule has 0 aliphatic rings. The standard InChI is InChI=1S/C18H30O.Na/c1-4-7-10-15-13-14-18(19)17(12-9-6-3)16(15)11-8-5-2;/h13-14,19H,4-12H2,1-3H3;/q;+1. The van der Waals surface area contributed by atoms with E-state index in [-0.39, 0.29) is 29.6 Å². The SMILES string of the molecule is CCCCc1ccc(O)c(CCCC)c1CCCC.[Na+]. The van der Waals surface area contributed by atoms with E-state index in [1.807, 2.05) is 6.07 Å². The fourth-order valence-electron chi connectivity index (χ4n) is 2.63. The second-order valence-electron chi connectivity index (χ2n) is 5.51. The molecule has 1 nitrogen and oxygen atoms in total. The van der Waals surface area contributed by atoms with Crippen LogP contribution in [0.2, 0.25) is 0 Å². The van der Waals surface area contributed by atoms with Gasteiger partial charge in [0.05, 0.1) is 0 Å². The van der Waals surface area contributed by atoms with E-state index >= 15 is 0 Å². The molecule has 1 rings (SSSR count). The predicted octanol–water partition coefficient (Wildman–Crippen LogP) is 2.42. The number of unbranched alkanes of at least 4 members (excludes halogenated alkanes) is 3. The normalized spacial score (nSPS) is 10.3. The van der Waals surface area contributed by atoms with Gasteiger partial charge in [0, 0.05) is 0 Å². The first-order valence-corrected chi connectivity index (χ1v) is 8.07. The number of phenolic OH excluding ortho intramolecular Hbond substituents is 1. The van der Waals surface area contributed by atoms with Crippen LogP contribution in [0.1, 0.15) is 76.0 Å². The predicted molar refractivity (Wildman–Crippen MR) is 83.9 cm³/mol. The summed E-state index contributed by atoms with van der Waals surface area (Å²) in [6.45, 7) is 6.69. The van der Waals surface area contributed by atoms with Crippen molar-refractivity contribution in [2.24, 2.45) is 0 Å². The minimum atomic E-state index is 0. The van der Waals surface area contributed by atoms with Crippen LogP contribution in [0, 0.1) is 0 Å². The van der Waals surface area contributed by atoms with Crippen LogP contribution in [0.3, 0.4) is 0 Å². The Hall–Kier alpha value is 0.0200. The largest absolute Gasteiger partial charge is 1.00 e. The van der Waals surface area contributed by atoms with Crippen LogP contribution in [0.15, 0.2) is 12.1 Å². The summed E-state index contributed by atoms with van der Waals surface area (Å²) in [5, 5.41) is 10.2. The maximum absolute atomic E-state index is 10.2. The summed E-state index contributed by atoms with van der Waals surface area (Å²) >= 11 is 0. The van der Waals surface area contributed by atoms with Crippen molar-refractivity contribution in [2.45, 2.75) is 78.6 Å². The number of phenols is 1. The summed E-state index contributed by atoms with van der Waals surface area (Å²) in [7, 11) is 0. The minimum Gasteiger partial charge on any atom is -0.508 e. The van der Waals surface area contributed by atoms with Gasteiger partial charge in [-0.05, 0) is 61.3 Å². The number of aryl methyl sites for hydroxylation is 1. The molecule has 0 spiro atoms. The molecule has 0 radical (unpaired) electrons. The molecule has 0 bridgehead atoms. The summed E-state index contributed by atoms with van der Waals surface area (Å²) in [6, 6.07) is 4.05. The molecular formula is C18H30NaO+. The van der Waals surface area contributed by atoms with E-state index in [1.54, 1.807) is 0 Å². The third-order valence-corrected chi connectivity index (χ3v) is 3.86. The van der Waals surface area contributed by atoms with Crippen molar-refractivity contribution in [1.29, 1.82) is 0 Å². The third kappa shape index (κ3) is 6.20. The fourth-order valence-corrected chi connectivity index (χ4v) is 2.63. The molecule has 2 heteroatoms. The van der Waals surface area contributed by atoms with Gasteiger partial charge >= 0.3 is 29.6 Å². The van der Waals surface area contributed by atoms with Crippen LogP contribution in [-0.2, 0) is 19.3 Å². The van der Waals surface area contributed by atoms with Gasteiger partial charge in [-0.25, -0.2) is 0 Å². The first-order chi connectivity index (χ1) is 9.24. The van der Waals surface area contributed by atoms with Gasteiger partial charge in [0.1, 0.15) is 5.75 Å². The summed E-state index contributed by atoms with van der Waals surface area (Å²) in [4.78, 5) is 0. The quantitative estimate of drug-likeness (QED) is 0.691. The van der Waals surface area contributed by atoms with E-state index in [4.69, 9.17) is 0 Å². The Kier molecular flexibility index (Phi) is 11.7. The van der Waals surface area contributed by atoms with Gasteiger partial charge in [0.15, 0.2) is 0 Å². The number of hydrogen-bond donors (Lipinski definition) is 1. The zero-order valence-electron chi connectivity index (χ0n) is 14.0. The fraction of sp³-hybridized carbons (Fsp3) is 0.667. The van der Waals surface area contributed by atoms with Crippen molar-refractivity contribution in [1.82, 2.24) is 0 Å². The molecule has 0 aromatic heterocycles. The van der Waals surface area contributed by atoms with Crippen molar-refractivity contribution in [3.63, 3.8) is 0 Å². The Morgan fingerprint density at radius 2 is 1.25 bits per heavy atom. The molecule has 0 aliphatic heterocycles. The van der Waals surface area contributed by atoms with Gasteiger partial charge in [-0.1, -0.05) is 46.1 Å². The topological polar surface area (TPSA) is 20.2 Å². The zero-order chi connectivity index (χ0) is 14.1. The van der Waals surface area contributed by atoms with E-state index in [0.29, 0.717) is 5.75 Å². The number of hydrogen-bond acceptors (Lipinski definition) is 1. The molecule has 108 valence electrons. The van der Waals surface area contributed by atoms with Gasteiger partial charge in [0.2, 0.25) is 0 Å². The van der Waals surface area contributed by atoms with Gasteiger partial charge in [-0.15, -0.1) is 0 Å². The first kappa shape index (κ1) is 20.0. The molecule has 1 N–H and O–H groups in total. The number of benzene rings is 1. The van der Waals surface area contributed by atoms with Crippen LogP contribution < -0.4 is 29.6 Å². The second-order valence-corrected chi connectivity index (χ2v) is 5.51. The molecule has 20 heavy (non-hydrogen) atoms. The van der Waals surface area contributed by atoms with Gasteiger partial charge in [0.25, 0.3) is 0 Å². The Balaban J connectivity index is 0.00000361. The van der Waals surface area contributed by atoms with Crippen molar-refractivity contribution in [3.8, 4) is 5.75 Å². The zero-order valence-corrected chi connectivity index (χ0v) is 16.0. The number of aromatic hydroxyl groups is 1. The van der Waals surface area contributed by atoms with Crippen LogP contribution in [0.5, 0.6) is 5.75 Å². The van der Waals surface area contributed by atoms with Crippen molar-refractivity contribution in [2.75, 3.05) is 0 Å². The van der Waals surface area contributed by atoms with Crippen LogP contribution >= 0.6 is 0 Å². The number of rotatable bonds is 9. The molecular weight excluding hydrogens is 255 g/mol. The molecule has 1 aromatic carbocycles. The minimum absolute atomic E-state index is 0. The summed E-state index contributed by atoms with van der Waals surface area (Å²) < 4.78 is 0. The van der Waals surface area contributed by atoms with Gasteiger partial charge < -0.3 is 5.11 Å². The Bertz CT molecular complexity index is 374. The molecule has 0 heterocycles. The molecule has 0 saturated heterocycles. The average Bonchev–Trinajstić information content (AvgIpc) is 2.42. The Morgan fingerprint density at radius 1 is 0.750 bits per heavy atom. The summed E-state index contributed by atoms with van der Waals surface area (Å²) in [5.74, 6) is 0.514. The Labute approximate surface area is 147 Å². The summed E-state index contributed by atoms with van der Waals surface area (Å²) in [6.07, 6.45) is 10.6. The smallest absolute Gasteiger partial charge is 0.508 e. The van der Waals surface area contributed by atoms with Crippen molar-refractivity contribution >= 4 is 0 Å². The molecule has 0 unspecified atom stereocenters. The molecule has 0 saturated carbocycles. The molecule has 0 aliphatic carbocycles. The van der Waals surface area contributed by atoms with E-state index in [1.165, 1.54) is 55.2 Å². The Morgan fingerprint density at radius 3 is 1.80 bits per heavy atom. The van der Waals surface area contributed by atoms with Crippen LogP contribution in [-0.4, -0.2) is 5.11 Å². The van der Waals surface area contributed by atoms with Crippen LogP contribution in [0.25, 0.3) is 0 Å². The maximum Gasteiger partial charge on any atom is 1.00 e. The van der Waals surface area contributed by atoms with E-state index in [0.717, 1.165) is 19.3 Å².